The molecule has 0 nitrogen and oxygen atoms in total. The Morgan fingerprint density at radius 3 is 2.33 bits per heavy atom. The van der Waals surface area contributed by atoms with E-state index in [1.807, 2.05) is 22.0 Å². The third-order valence-corrected chi connectivity index (χ3v) is 0. The summed E-state index contributed by atoms with van der Waals surface area (Å²) in [4.78, 5) is 0. The van der Waals surface area contributed by atoms with Crippen molar-refractivity contribution in [2.75, 3.05) is 0 Å². The van der Waals surface area contributed by atoms with Crippen molar-refractivity contribution in [3.8, 4) is 0 Å². The first kappa shape index (κ1) is 7.48. The van der Waals surface area contributed by atoms with Gasteiger partial charge in [0.25, 0.3) is 0 Å². The SMILES string of the molecule is [2H]B([3H])PI.[I][Pt][I]. The second-order valence-electron chi connectivity index (χ2n) is 0.154. The minimum atomic E-state index is -0.601. The monoisotopic (exact) mass is 624 g/mol. The summed E-state index contributed by atoms with van der Waals surface area (Å²) in [5.41, 5.74) is 0. The van der Waals surface area contributed by atoms with Gasteiger partial charge in [-0.15, -0.1) is 0 Å². The summed E-state index contributed by atoms with van der Waals surface area (Å²) in [7, 11) is -0.601. The van der Waals surface area contributed by atoms with Gasteiger partial charge in [-0.1, -0.05) is 28.1 Å². The van der Waals surface area contributed by atoms with Gasteiger partial charge in [0.05, 0.1) is 0 Å². The zero-order chi connectivity index (χ0) is 6.99. The number of hydrogen-bond donors (Lipinski definition) is 0. The number of halogens is 3. The third kappa shape index (κ3) is 26.3. The summed E-state index contributed by atoms with van der Waals surface area (Å²) >= 11 is 7.33. The minimum absolute atomic E-state index is 0.418. The van der Waals surface area contributed by atoms with Crippen LogP contribution in [0.1, 0.15) is 0 Å². The molecule has 0 aliphatic carbocycles. The molecule has 0 fully saturated rings. The molecular formula is H3BI3PPt. The van der Waals surface area contributed by atoms with Crippen molar-refractivity contribution < 1.29 is 11.2 Å². The summed E-state index contributed by atoms with van der Waals surface area (Å²) < 4.78 is 13.0. The Kier molecular flexibility index (Phi) is 19.7. The van der Waals surface area contributed by atoms with Crippen molar-refractivity contribution in [2.45, 2.75) is 0 Å². The van der Waals surface area contributed by atoms with Gasteiger partial charge in [-0.25, -0.2) is 0 Å². The number of hydrogen-bond acceptors (Lipinski definition) is 0. The Bertz CT molecular complexity index is 38.5. The average Bonchev–Trinajstić information content (AvgIpc) is 1.69. The van der Waals surface area contributed by atoms with Gasteiger partial charge in [0.15, 0.2) is 0 Å². The molecule has 6 heavy (non-hydrogen) atoms. The second-order valence-corrected chi connectivity index (χ2v) is 18.8. The molecule has 1 atom stereocenters. The van der Waals surface area contributed by atoms with Crippen LogP contribution in [0, 0.1) is 0 Å². The van der Waals surface area contributed by atoms with E-state index < -0.39 is 7.49 Å². The third-order valence-electron chi connectivity index (χ3n) is 0. The molecule has 0 aliphatic heterocycles. The normalized spacial score (nSPS) is 12.5. The van der Waals surface area contributed by atoms with Gasteiger partial charge in [0, 0.05) is 0 Å². The first-order valence-corrected chi connectivity index (χ1v) is 17.8. The fourth-order valence-corrected chi connectivity index (χ4v) is 0. The van der Waals surface area contributed by atoms with Gasteiger partial charge in [0.1, 0.15) is 7.49 Å². The Morgan fingerprint density at radius 2 is 2.33 bits per heavy atom. The van der Waals surface area contributed by atoms with Crippen LogP contribution in [0.2, 0.25) is 0 Å². The van der Waals surface area contributed by atoms with E-state index in [9.17, 15) is 0 Å². The van der Waals surface area contributed by atoms with E-state index in [1.165, 1.54) is 0 Å². The summed E-state index contributed by atoms with van der Waals surface area (Å²) in [6.45, 7) is 0. The zero-order valence-electron chi connectivity index (χ0n) is 4.53. The topological polar surface area (TPSA) is 0 Å². The van der Waals surface area contributed by atoms with Crippen LogP contribution in [-0.4, -0.2) is 10.2 Å². The average molecular weight is 624 g/mol. The molecule has 0 saturated heterocycles. The van der Waals surface area contributed by atoms with Gasteiger partial charge >= 0.3 is 49.9 Å². The zero-order valence-corrected chi connectivity index (χ0v) is 12.3. The van der Waals surface area contributed by atoms with Crippen LogP contribution < -0.4 is 0 Å². The molecule has 42 valence electrons. The van der Waals surface area contributed by atoms with Crippen molar-refractivity contribution in [1.82, 2.24) is 0 Å². The van der Waals surface area contributed by atoms with Gasteiger partial charge in [-0.2, -0.15) is 0 Å². The fourth-order valence-electron chi connectivity index (χ4n) is 0. The molecule has 6 heteroatoms. The standard InChI is InChI=1S/BH3IP.2HI.Pt/c1-3-2;;;/h3H,1H2;2*1H;/q;;;+2/p-2/i1TD;;;. The van der Waals surface area contributed by atoms with Crippen LogP contribution in [0.25, 0.3) is 0 Å². The first-order chi connectivity index (χ1) is 3.68. The van der Waals surface area contributed by atoms with E-state index in [4.69, 9.17) is 2.67 Å². The molecular weight excluding hydrogens is 618 g/mol. The molecule has 0 radical (unpaired) electrons. The summed E-state index contributed by atoms with van der Waals surface area (Å²) in [6.07, 6.45) is 0.418. The predicted molar refractivity (Wildman–Crippen MR) is 58.9 cm³/mol. The van der Waals surface area contributed by atoms with Crippen LogP contribution in [0.5, 0.6) is 0 Å². The molecule has 1 unspecified atom stereocenters. The first-order valence-electron chi connectivity index (χ1n) is 1.87. The van der Waals surface area contributed by atoms with Gasteiger partial charge < -0.3 is 0 Å². The van der Waals surface area contributed by atoms with Crippen LogP contribution in [0.3, 0.4) is 0 Å². The van der Waals surface area contributed by atoms with Crippen molar-refractivity contribution in [3.63, 3.8) is 0 Å². The molecule has 0 amide bonds. The summed E-state index contributed by atoms with van der Waals surface area (Å²) in [5, 5.41) is 0. The summed E-state index contributed by atoms with van der Waals surface area (Å²) in [6, 6.07) is 0. The fraction of sp³-hybridized carbons (Fsp3) is 0. The van der Waals surface area contributed by atoms with Crippen molar-refractivity contribution >= 4 is 74.3 Å². The van der Waals surface area contributed by atoms with Crippen molar-refractivity contribution in [3.05, 3.63) is 0 Å². The van der Waals surface area contributed by atoms with Crippen molar-refractivity contribution in [1.29, 1.82) is 2.67 Å². The van der Waals surface area contributed by atoms with Crippen LogP contribution in [0.15, 0.2) is 0 Å². The van der Waals surface area contributed by atoms with E-state index in [1.54, 1.807) is 0 Å². The molecule has 0 spiro atoms. The van der Waals surface area contributed by atoms with E-state index in [0.29, 0.717) is 17.3 Å². The molecule has 0 aromatic rings. The molecule has 0 bridgehead atoms. The van der Waals surface area contributed by atoms with Crippen molar-refractivity contribution in [2.24, 2.45) is 0 Å². The molecule has 0 heterocycles. The maximum atomic E-state index is 6.50. The second kappa shape index (κ2) is 15.8. The van der Waals surface area contributed by atoms with E-state index in [2.05, 4.69) is 38.7 Å². The van der Waals surface area contributed by atoms with E-state index in [-0.39, 0.29) is 0 Å². The molecule has 0 aliphatic rings. The van der Waals surface area contributed by atoms with Gasteiger partial charge in [-0.3, -0.25) is 0 Å². The molecule has 0 aromatic heterocycles. The molecule has 0 aromatic carbocycles. The van der Waals surface area contributed by atoms with Gasteiger partial charge in [-0.05, 0) is 2.67 Å². The van der Waals surface area contributed by atoms with Gasteiger partial charge in [0.2, 0.25) is 0 Å². The van der Waals surface area contributed by atoms with E-state index >= 15 is 0 Å². The molecule has 0 N–H and O–H groups in total. The maximum absolute atomic E-state index is 6.50. The summed E-state index contributed by atoms with van der Waals surface area (Å²) in [5.74, 6) is 0. The number of rotatable bonds is 1. The van der Waals surface area contributed by atoms with Crippen LogP contribution in [-0.2, 0) is 11.2 Å². The Hall–Kier alpha value is 3.37. The molecule has 0 saturated carbocycles. The quantitative estimate of drug-likeness (QED) is 0.239. The van der Waals surface area contributed by atoms with Crippen LogP contribution >= 0.6 is 66.8 Å². The predicted octanol–water partition coefficient (Wildman–Crippen LogP) is 2.33. The van der Waals surface area contributed by atoms with Crippen LogP contribution in [0.4, 0.5) is 0 Å². The Balaban J connectivity index is 0. The Morgan fingerprint density at radius 1 is 2.17 bits per heavy atom. The van der Waals surface area contributed by atoms with E-state index in [0.717, 1.165) is 0 Å². The Labute approximate surface area is 86.3 Å². The molecule has 0 rings (SSSR count).